The van der Waals surface area contributed by atoms with Crippen molar-refractivity contribution < 1.29 is 14.7 Å². The van der Waals surface area contributed by atoms with E-state index in [0.717, 1.165) is 36.3 Å². The van der Waals surface area contributed by atoms with Crippen molar-refractivity contribution in [1.82, 2.24) is 10.2 Å². The third kappa shape index (κ3) is 3.60. The van der Waals surface area contributed by atoms with Gasteiger partial charge in [-0.25, -0.2) is 4.79 Å². The summed E-state index contributed by atoms with van der Waals surface area (Å²) < 4.78 is 0. The first-order valence-corrected chi connectivity index (χ1v) is 9.70. The number of aliphatic carboxylic acids is 1. The first-order chi connectivity index (χ1) is 13.5. The Morgan fingerprint density at radius 2 is 2.04 bits per heavy atom. The molecule has 2 heterocycles. The van der Waals surface area contributed by atoms with Crippen molar-refractivity contribution in [3.63, 3.8) is 0 Å². The average Bonchev–Trinajstić information content (AvgIpc) is 3.07. The Morgan fingerprint density at radius 1 is 1.21 bits per heavy atom. The highest BCUT2D eigenvalue weighted by molar-refractivity contribution is 5.95. The summed E-state index contributed by atoms with van der Waals surface area (Å²) in [5, 5.41) is 12.0. The molecule has 0 aliphatic carbocycles. The maximum absolute atomic E-state index is 12.7. The second-order valence-electron chi connectivity index (χ2n) is 7.61. The zero-order valence-electron chi connectivity index (χ0n) is 16.0. The molecule has 0 saturated carbocycles. The molecule has 0 radical (unpaired) electrons. The van der Waals surface area contributed by atoms with Gasteiger partial charge < -0.3 is 15.3 Å². The number of hydrogen-bond donors (Lipinski definition) is 2. The van der Waals surface area contributed by atoms with Crippen LogP contribution in [-0.4, -0.2) is 42.1 Å². The number of carbonyl (C=O) groups excluding carboxylic acids is 1. The van der Waals surface area contributed by atoms with Gasteiger partial charge in [-0.1, -0.05) is 30.3 Å². The van der Waals surface area contributed by atoms with Crippen LogP contribution in [0.15, 0.2) is 42.5 Å². The zero-order chi connectivity index (χ0) is 19.7. The topological polar surface area (TPSA) is 72.9 Å². The summed E-state index contributed by atoms with van der Waals surface area (Å²) in [6.45, 7) is 2.47. The molecule has 146 valence electrons. The van der Waals surface area contributed by atoms with Gasteiger partial charge in [0.1, 0.15) is 0 Å². The van der Waals surface area contributed by atoms with Gasteiger partial charge in [-0.05, 0) is 54.3 Å². The standard InChI is InChI=1S/C22H25N3O3/c1-24-11-10-16-12-18(8-6-17(16)14-24)25-20(13-23-22(25)28)19-5-3-2-4-15(19)7-9-21(26)27/h2-6,8,12,20H,7,9-11,13-14H2,1H3,(H,23,28)(H,26,27). The monoisotopic (exact) mass is 379 g/mol. The number of urea groups is 1. The van der Waals surface area contributed by atoms with Crippen LogP contribution in [0.2, 0.25) is 0 Å². The van der Waals surface area contributed by atoms with Gasteiger partial charge in [-0.3, -0.25) is 9.69 Å². The minimum absolute atomic E-state index is 0.0808. The number of amides is 2. The molecule has 6 heteroatoms. The molecule has 2 N–H and O–H groups in total. The van der Waals surface area contributed by atoms with Crippen LogP contribution in [0.25, 0.3) is 0 Å². The Labute approximate surface area is 164 Å². The highest BCUT2D eigenvalue weighted by atomic mass is 16.4. The SMILES string of the molecule is CN1CCc2cc(N3C(=O)NCC3c3ccccc3CCC(=O)O)ccc2C1. The van der Waals surface area contributed by atoms with Gasteiger partial charge in [0.15, 0.2) is 0 Å². The molecule has 6 nitrogen and oxygen atoms in total. The van der Waals surface area contributed by atoms with Gasteiger partial charge in [-0.2, -0.15) is 0 Å². The Morgan fingerprint density at radius 3 is 2.86 bits per heavy atom. The van der Waals surface area contributed by atoms with Crippen molar-refractivity contribution in [2.75, 3.05) is 25.0 Å². The van der Waals surface area contributed by atoms with Crippen LogP contribution in [0.3, 0.4) is 0 Å². The molecular formula is C22H25N3O3. The number of carboxylic acid groups (broad SMARTS) is 1. The molecule has 2 aliphatic heterocycles. The van der Waals surface area contributed by atoms with Crippen molar-refractivity contribution in [3.8, 4) is 0 Å². The van der Waals surface area contributed by atoms with Crippen LogP contribution in [0.5, 0.6) is 0 Å². The third-order valence-electron chi connectivity index (χ3n) is 5.67. The van der Waals surface area contributed by atoms with Crippen molar-refractivity contribution in [2.24, 2.45) is 0 Å². The fraction of sp³-hybridized carbons (Fsp3) is 0.364. The van der Waals surface area contributed by atoms with Gasteiger partial charge in [-0.15, -0.1) is 0 Å². The predicted octanol–water partition coefficient (Wildman–Crippen LogP) is 2.96. The van der Waals surface area contributed by atoms with E-state index < -0.39 is 5.97 Å². The van der Waals surface area contributed by atoms with E-state index in [1.165, 1.54) is 11.1 Å². The van der Waals surface area contributed by atoms with E-state index in [4.69, 9.17) is 5.11 Å². The van der Waals surface area contributed by atoms with Crippen LogP contribution in [0, 0.1) is 0 Å². The molecule has 1 atom stereocenters. The second kappa shape index (κ2) is 7.64. The lowest BCUT2D eigenvalue weighted by atomic mass is 9.95. The summed E-state index contributed by atoms with van der Waals surface area (Å²) in [6, 6.07) is 13.9. The van der Waals surface area contributed by atoms with Crippen LogP contribution in [-0.2, 0) is 24.2 Å². The number of fused-ring (bicyclic) bond motifs is 1. The molecule has 1 fully saturated rings. The molecule has 0 spiro atoms. The Bertz CT molecular complexity index is 912. The molecule has 2 aromatic carbocycles. The lowest BCUT2D eigenvalue weighted by molar-refractivity contribution is -0.136. The molecule has 0 aromatic heterocycles. The van der Waals surface area contributed by atoms with Crippen molar-refractivity contribution in [2.45, 2.75) is 31.8 Å². The van der Waals surface area contributed by atoms with E-state index in [-0.39, 0.29) is 18.5 Å². The van der Waals surface area contributed by atoms with Crippen LogP contribution in [0.1, 0.15) is 34.7 Å². The Balaban J connectivity index is 1.66. The molecule has 1 unspecified atom stereocenters. The summed E-state index contributed by atoms with van der Waals surface area (Å²) in [6.07, 6.45) is 1.52. The number of nitrogens with one attached hydrogen (secondary N) is 1. The highest BCUT2D eigenvalue weighted by Gasteiger charge is 2.34. The van der Waals surface area contributed by atoms with E-state index in [0.29, 0.717) is 13.0 Å². The summed E-state index contributed by atoms with van der Waals surface area (Å²) in [7, 11) is 2.12. The lowest BCUT2D eigenvalue weighted by Crippen LogP contribution is -2.31. The number of nitrogens with zero attached hydrogens (tertiary/aromatic N) is 2. The van der Waals surface area contributed by atoms with Crippen LogP contribution >= 0.6 is 0 Å². The van der Waals surface area contributed by atoms with E-state index in [1.807, 2.05) is 35.2 Å². The predicted molar refractivity (Wildman–Crippen MR) is 107 cm³/mol. The van der Waals surface area contributed by atoms with Gasteiger partial charge in [0.2, 0.25) is 0 Å². The summed E-state index contributed by atoms with van der Waals surface area (Å²) >= 11 is 0. The zero-order valence-corrected chi connectivity index (χ0v) is 16.0. The lowest BCUT2D eigenvalue weighted by Gasteiger charge is -2.29. The van der Waals surface area contributed by atoms with Crippen molar-refractivity contribution in [1.29, 1.82) is 0 Å². The van der Waals surface area contributed by atoms with Crippen LogP contribution in [0.4, 0.5) is 10.5 Å². The minimum Gasteiger partial charge on any atom is -0.481 e. The number of likely N-dealkylation sites (N-methyl/N-ethyl adjacent to an activating group) is 1. The van der Waals surface area contributed by atoms with Gasteiger partial charge in [0.25, 0.3) is 0 Å². The number of aryl methyl sites for hydroxylation is 1. The van der Waals surface area contributed by atoms with E-state index in [2.05, 4.69) is 29.4 Å². The normalized spacial score (nSPS) is 19.4. The Kier molecular flexibility index (Phi) is 5.05. The van der Waals surface area contributed by atoms with E-state index in [9.17, 15) is 9.59 Å². The molecule has 2 aromatic rings. The fourth-order valence-corrected chi connectivity index (χ4v) is 4.21. The summed E-state index contributed by atoms with van der Waals surface area (Å²) in [4.78, 5) is 27.8. The smallest absolute Gasteiger partial charge is 0.322 e. The van der Waals surface area contributed by atoms with Crippen molar-refractivity contribution >= 4 is 17.7 Å². The third-order valence-corrected chi connectivity index (χ3v) is 5.67. The number of hydrogen-bond acceptors (Lipinski definition) is 3. The molecule has 4 rings (SSSR count). The summed E-state index contributed by atoms with van der Waals surface area (Å²) in [5.41, 5.74) is 5.51. The minimum atomic E-state index is -0.813. The molecule has 2 amide bonds. The van der Waals surface area contributed by atoms with Gasteiger partial charge in [0.05, 0.1) is 6.04 Å². The summed E-state index contributed by atoms with van der Waals surface area (Å²) in [5.74, 6) is -0.813. The molecule has 0 bridgehead atoms. The largest absolute Gasteiger partial charge is 0.481 e. The average molecular weight is 379 g/mol. The second-order valence-corrected chi connectivity index (χ2v) is 7.61. The van der Waals surface area contributed by atoms with Gasteiger partial charge >= 0.3 is 12.0 Å². The number of carbonyl (C=O) groups is 2. The number of carboxylic acids is 1. The fourth-order valence-electron chi connectivity index (χ4n) is 4.21. The first kappa shape index (κ1) is 18.5. The maximum atomic E-state index is 12.7. The van der Waals surface area contributed by atoms with Crippen molar-refractivity contribution in [3.05, 3.63) is 64.7 Å². The van der Waals surface area contributed by atoms with E-state index in [1.54, 1.807) is 0 Å². The van der Waals surface area contributed by atoms with Gasteiger partial charge in [0, 0.05) is 31.7 Å². The van der Waals surface area contributed by atoms with Crippen LogP contribution < -0.4 is 10.2 Å². The number of anilines is 1. The quantitative estimate of drug-likeness (QED) is 0.838. The molecule has 1 saturated heterocycles. The highest BCUT2D eigenvalue weighted by Crippen LogP contribution is 2.34. The molecule has 2 aliphatic rings. The molecule has 28 heavy (non-hydrogen) atoms. The number of rotatable bonds is 5. The Hall–Kier alpha value is -2.86. The number of benzene rings is 2. The van der Waals surface area contributed by atoms with E-state index >= 15 is 0 Å². The first-order valence-electron chi connectivity index (χ1n) is 9.70. The molecular weight excluding hydrogens is 354 g/mol. The maximum Gasteiger partial charge on any atom is 0.322 e.